The van der Waals surface area contributed by atoms with E-state index in [4.69, 9.17) is 33.7 Å². The molecule has 2 nitrogen and oxygen atoms in total. The van der Waals surface area contributed by atoms with Gasteiger partial charge in [-0.2, -0.15) is 0 Å². The molecule has 0 aromatic heterocycles. The largest absolute Gasteiger partial charge is 0.489 e. The third-order valence-electron chi connectivity index (χ3n) is 2.98. The second-order valence-electron chi connectivity index (χ2n) is 4.57. The van der Waals surface area contributed by atoms with Crippen LogP contribution < -0.4 is 10.5 Å². The lowest BCUT2D eigenvalue weighted by Gasteiger charge is -2.08. The van der Waals surface area contributed by atoms with Crippen molar-refractivity contribution in [3.05, 3.63) is 63.6 Å². The van der Waals surface area contributed by atoms with Crippen LogP contribution in [0.1, 0.15) is 17.5 Å². The van der Waals surface area contributed by atoms with Gasteiger partial charge in [-0.25, -0.2) is 0 Å². The van der Waals surface area contributed by atoms with Crippen molar-refractivity contribution in [2.24, 2.45) is 5.73 Å². The van der Waals surface area contributed by atoms with Crippen molar-refractivity contribution in [3.8, 4) is 5.75 Å². The Hall–Kier alpha value is -1.22. The molecule has 0 fully saturated rings. The van der Waals surface area contributed by atoms with Gasteiger partial charge in [-0.15, -0.1) is 0 Å². The molecule has 2 aromatic rings. The Morgan fingerprint density at radius 3 is 2.25 bits per heavy atom. The number of halogens is 2. The van der Waals surface area contributed by atoms with Crippen LogP contribution in [0.3, 0.4) is 0 Å². The number of hydrogen-bond acceptors (Lipinski definition) is 2. The minimum Gasteiger partial charge on any atom is -0.489 e. The Morgan fingerprint density at radius 1 is 0.900 bits per heavy atom. The van der Waals surface area contributed by atoms with Crippen LogP contribution in [0.2, 0.25) is 10.0 Å². The molecule has 0 heterocycles. The Morgan fingerprint density at radius 2 is 1.60 bits per heavy atom. The van der Waals surface area contributed by atoms with E-state index in [0.717, 1.165) is 30.7 Å². The second-order valence-corrected chi connectivity index (χ2v) is 5.39. The third-order valence-corrected chi connectivity index (χ3v) is 3.72. The van der Waals surface area contributed by atoms with Crippen LogP contribution >= 0.6 is 23.2 Å². The maximum Gasteiger partial charge on any atom is 0.119 e. The van der Waals surface area contributed by atoms with E-state index >= 15 is 0 Å². The van der Waals surface area contributed by atoms with E-state index in [1.807, 2.05) is 24.3 Å². The van der Waals surface area contributed by atoms with Gasteiger partial charge in [-0.05, 0) is 54.8 Å². The predicted molar refractivity (Wildman–Crippen MR) is 84.6 cm³/mol. The summed E-state index contributed by atoms with van der Waals surface area (Å²) in [6.07, 6.45) is 2.01. The summed E-state index contributed by atoms with van der Waals surface area (Å²) < 4.78 is 5.72. The zero-order chi connectivity index (χ0) is 14.4. The first-order valence-corrected chi connectivity index (χ1v) is 7.30. The molecule has 0 aliphatic carbocycles. The van der Waals surface area contributed by atoms with Gasteiger partial charge in [0.05, 0.1) is 10.0 Å². The first-order chi connectivity index (χ1) is 9.69. The molecule has 0 atom stereocenters. The van der Waals surface area contributed by atoms with Crippen LogP contribution in [-0.4, -0.2) is 6.54 Å². The summed E-state index contributed by atoms with van der Waals surface area (Å²) in [6, 6.07) is 13.6. The van der Waals surface area contributed by atoms with Gasteiger partial charge in [0.15, 0.2) is 0 Å². The smallest absolute Gasteiger partial charge is 0.119 e. The molecule has 2 aromatic carbocycles. The lowest BCUT2D eigenvalue weighted by atomic mass is 10.1. The SMILES string of the molecule is NCCCc1ccc(OCc2ccc(Cl)c(Cl)c2)cc1. The molecule has 0 radical (unpaired) electrons. The molecular weight excluding hydrogens is 293 g/mol. The van der Waals surface area contributed by atoms with E-state index in [-0.39, 0.29) is 0 Å². The number of aryl methyl sites for hydroxylation is 1. The van der Waals surface area contributed by atoms with Crippen molar-refractivity contribution in [1.29, 1.82) is 0 Å². The molecule has 0 bridgehead atoms. The molecule has 0 unspecified atom stereocenters. The predicted octanol–water partition coefficient (Wildman–Crippen LogP) is 4.46. The number of rotatable bonds is 6. The molecule has 106 valence electrons. The van der Waals surface area contributed by atoms with Crippen molar-refractivity contribution in [2.45, 2.75) is 19.4 Å². The minimum absolute atomic E-state index is 0.471. The van der Waals surface area contributed by atoms with Crippen LogP contribution in [0.15, 0.2) is 42.5 Å². The summed E-state index contributed by atoms with van der Waals surface area (Å²) in [5.74, 6) is 0.840. The van der Waals surface area contributed by atoms with Crippen LogP contribution in [0, 0.1) is 0 Å². The fourth-order valence-corrected chi connectivity index (χ4v) is 2.18. The Bertz CT molecular complexity index is 555. The van der Waals surface area contributed by atoms with Gasteiger partial charge in [0, 0.05) is 0 Å². The molecule has 0 saturated carbocycles. The van der Waals surface area contributed by atoms with E-state index in [2.05, 4.69) is 12.1 Å². The average Bonchev–Trinajstić information content (AvgIpc) is 2.47. The van der Waals surface area contributed by atoms with E-state index in [1.165, 1.54) is 5.56 Å². The van der Waals surface area contributed by atoms with Crippen LogP contribution in [0.5, 0.6) is 5.75 Å². The molecule has 4 heteroatoms. The summed E-state index contributed by atoms with van der Waals surface area (Å²) in [4.78, 5) is 0. The highest BCUT2D eigenvalue weighted by molar-refractivity contribution is 6.42. The van der Waals surface area contributed by atoms with Crippen LogP contribution in [0.25, 0.3) is 0 Å². The molecule has 0 saturated heterocycles. The third kappa shape index (κ3) is 4.41. The summed E-state index contributed by atoms with van der Waals surface area (Å²) in [7, 11) is 0. The average molecular weight is 310 g/mol. The summed E-state index contributed by atoms with van der Waals surface area (Å²) >= 11 is 11.8. The summed E-state index contributed by atoms with van der Waals surface area (Å²) in [6.45, 7) is 1.19. The number of hydrogen-bond donors (Lipinski definition) is 1. The van der Waals surface area contributed by atoms with E-state index < -0.39 is 0 Å². The number of nitrogens with two attached hydrogens (primary N) is 1. The van der Waals surface area contributed by atoms with Crippen molar-refractivity contribution < 1.29 is 4.74 Å². The first kappa shape index (κ1) is 15.2. The highest BCUT2D eigenvalue weighted by Crippen LogP contribution is 2.23. The van der Waals surface area contributed by atoms with Gasteiger partial charge in [-0.3, -0.25) is 0 Å². The van der Waals surface area contributed by atoms with Crippen LogP contribution in [0.4, 0.5) is 0 Å². The topological polar surface area (TPSA) is 35.2 Å². The lowest BCUT2D eigenvalue weighted by molar-refractivity contribution is 0.306. The Labute approximate surface area is 129 Å². The minimum atomic E-state index is 0.471. The normalized spacial score (nSPS) is 10.6. The molecule has 20 heavy (non-hydrogen) atoms. The molecule has 2 N–H and O–H groups in total. The maximum absolute atomic E-state index is 5.97. The van der Waals surface area contributed by atoms with E-state index in [1.54, 1.807) is 6.07 Å². The number of ether oxygens (including phenoxy) is 1. The molecule has 0 aliphatic rings. The van der Waals surface area contributed by atoms with E-state index in [0.29, 0.717) is 16.7 Å². The van der Waals surface area contributed by atoms with Crippen molar-refractivity contribution in [3.63, 3.8) is 0 Å². The molecule has 0 spiro atoms. The van der Waals surface area contributed by atoms with Gasteiger partial charge in [0.25, 0.3) is 0 Å². The Balaban J connectivity index is 1.91. The molecule has 0 aliphatic heterocycles. The molecular formula is C16H17Cl2NO. The first-order valence-electron chi connectivity index (χ1n) is 6.55. The standard InChI is InChI=1S/C16H17Cl2NO/c17-15-8-5-13(10-16(15)18)11-20-14-6-3-12(4-7-14)2-1-9-19/h3-8,10H,1-2,9,11,19H2. The van der Waals surface area contributed by atoms with E-state index in [9.17, 15) is 0 Å². The molecule has 0 amide bonds. The fourth-order valence-electron chi connectivity index (χ4n) is 1.85. The van der Waals surface area contributed by atoms with Crippen molar-refractivity contribution in [2.75, 3.05) is 6.54 Å². The summed E-state index contributed by atoms with van der Waals surface area (Å²) in [5, 5.41) is 1.10. The van der Waals surface area contributed by atoms with Crippen molar-refractivity contribution in [1.82, 2.24) is 0 Å². The molecule has 2 rings (SSSR count). The zero-order valence-corrected chi connectivity index (χ0v) is 12.6. The van der Waals surface area contributed by atoms with Crippen LogP contribution in [-0.2, 0) is 13.0 Å². The highest BCUT2D eigenvalue weighted by Gasteiger charge is 2.01. The zero-order valence-electron chi connectivity index (χ0n) is 11.1. The number of benzene rings is 2. The fraction of sp³-hybridized carbons (Fsp3) is 0.250. The monoisotopic (exact) mass is 309 g/mol. The van der Waals surface area contributed by atoms with Gasteiger partial charge in [0.2, 0.25) is 0 Å². The van der Waals surface area contributed by atoms with Gasteiger partial charge in [0.1, 0.15) is 12.4 Å². The maximum atomic E-state index is 5.97. The quantitative estimate of drug-likeness (QED) is 0.854. The van der Waals surface area contributed by atoms with Gasteiger partial charge >= 0.3 is 0 Å². The summed E-state index contributed by atoms with van der Waals surface area (Å²) in [5.41, 5.74) is 7.76. The van der Waals surface area contributed by atoms with Gasteiger partial charge < -0.3 is 10.5 Å². The second kappa shape index (κ2) is 7.53. The van der Waals surface area contributed by atoms with Crippen molar-refractivity contribution >= 4 is 23.2 Å². The highest BCUT2D eigenvalue weighted by atomic mass is 35.5. The lowest BCUT2D eigenvalue weighted by Crippen LogP contribution is -2.00. The Kier molecular flexibility index (Phi) is 5.72. The van der Waals surface area contributed by atoms with Gasteiger partial charge in [-0.1, -0.05) is 41.4 Å².